The highest BCUT2D eigenvalue weighted by Crippen LogP contribution is 2.29. The molecule has 0 heterocycles. The van der Waals surface area contributed by atoms with Crippen molar-refractivity contribution < 1.29 is 9.90 Å². The van der Waals surface area contributed by atoms with Crippen LogP contribution in [0.4, 0.5) is 0 Å². The van der Waals surface area contributed by atoms with Gasteiger partial charge in [-0.15, -0.1) is 0 Å². The van der Waals surface area contributed by atoms with E-state index < -0.39 is 11.5 Å². The second-order valence-electron chi connectivity index (χ2n) is 3.13. The molecule has 3 N–H and O–H groups in total. The molecule has 1 atom stereocenters. The zero-order valence-electron chi connectivity index (χ0n) is 7.42. The third kappa shape index (κ3) is 2.08. The number of carboxylic acid groups (broad SMARTS) is 1. The van der Waals surface area contributed by atoms with Crippen molar-refractivity contribution >= 4 is 33.5 Å². The van der Waals surface area contributed by atoms with E-state index in [1.165, 1.54) is 6.92 Å². The van der Waals surface area contributed by atoms with Crippen LogP contribution in [0.25, 0.3) is 0 Å². The third-order valence-corrected chi connectivity index (χ3v) is 2.86. The fraction of sp³-hybridized carbons (Fsp3) is 0.222. The van der Waals surface area contributed by atoms with Gasteiger partial charge in [-0.3, -0.25) is 0 Å². The Hall–Kier alpha value is -0.580. The molecule has 0 fully saturated rings. The van der Waals surface area contributed by atoms with Crippen molar-refractivity contribution in [3.8, 4) is 0 Å². The van der Waals surface area contributed by atoms with Crippen LogP contribution in [-0.2, 0) is 10.3 Å². The van der Waals surface area contributed by atoms with Crippen LogP contribution < -0.4 is 5.73 Å². The Morgan fingerprint density at radius 2 is 2.21 bits per heavy atom. The lowest BCUT2D eigenvalue weighted by molar-refractivity contribution is -0.143. The highest BCUT2D eigenvalue weighted by atomic mass is 79.9. The summed E-state index contributed by atoms with van der Waals surface area (Å²) in [4.78, 5) is 10.9. The van der Waals surface area contributed by atoms with Crippen molar-refractivity contribution in [2.24, 2.45) is 5.73 Å². The lowest BCUT2D eigenvalue weighted by Crippen LogP contribution is -2.42. The summed E-state index contributed by atoms with van der Waals surface area (Å²) in [5.41, 5.74) is 4.68. The Balaban J connectivity index is 3.31. The summed E-state index contributed by atoms with van der Waals surface area (Å²) in [6.07, 6.45) is 0. The molecule has 0 saturated heterocycles. The zero-order valence-corrected chi connectivity index (χ0v) is 9.76. The largest absolute Gasteiger partial charge is 0.480 e. The minimum Gasteiger partial charge on any atom is -0.480 e. The van der Waals surface area contributed by atoms with Crippen LogP contribution in [0.2, 0.25) is 5.02 Å². The van der Waals surface area contributed by atoms with E-state index in [0.29, 0.717) is 15.1 Å². The van der Waals surface area contributed by atoms with Crippen LogP contribution in [-0.4, -0.2) is 11.1 Å². The maximum atomic E-state index is 10.9. The number of benzene rings is 1. The van der Waals surface area contributed by atoms with Crippen molar-refractivity contribution in [2.45, 2.75) is 12.5 Å². The summed E-state index contributed by atoms with van der Waals surface area (Å²) >= 11 is 8.99. The molecule has 0 aliphatic carbocycles. The fourth-order valence-electron chi connectivity index (χ4n) is 1.01. The Kier molecular flexibility index (Phi) is 3.19. The van der Waals surface area contributed by atoms with Gasteiger partial charge in [-0.05, 0) is 30.7 Å². The predicted octanol–water partition coefficient (Wildman–Crippen LogP) is 2.36. The summed E-state index contributed by atoms with van der Waals surface area (Å²) in [6.45, 7) is 1.42. The third-order valence-electron chi connectivity index (χ3n) is 1.93. The van der Waals surface area contributed by atoms with Crippen LogP contribution in [0.5, 0.6) is 0 Å². The Bertz CT molecular complexity index is 379. The summed E-state index contributed by atoms with van der Waals surface area (Å²) in [5.74, 6) is -1.10. The highest BCUT2D eigenvalue weighted by molar-refractivity contribution is 9.10. The molecule has 0 radical (unpaired) electrons. The molecular weight excluding hydrogens is 269 g/mol. The molecule has 0 unspecified atom stereocenters. The van der Waals surface area contributed by atoms with Crippen molar-refractivity contribution in [3.63, 3.8) is 0 Å². The van der Waals surface area contributed by atoms with E-state index in [-0.39, 0.29) is 0 Å². The smallest absolute Gasteiger partial charge is 0.328 e. The van der Waals surface area contributed by atoms with E-state index in [0.717, 1.165) is 0 Å². The van der Waals surface area contributed by atoms with Crippen molar-refractivity contribution in [1.29, 1.82) is 0 Å². The van der Waals surface area contributed by atoms with Gasteiger partial charge in [0.25, 0.3) is 0 Å². The van der Waals surface area contributed by atoms with E-state index in [9.17, 15) is 4.79 Å². The van der Waals surface area contributed by atoms with E-state index in [2.05, 4.69) is 15.9 Å². The molecule has 0 saturated carbocycles. The summed E-state index contributed by atoms with van der Waals surface area (Å²) in [6, 6.07) is 4.87. The number of nitrogens with two attached hydrogens (primary N) is 1. The monoisotopic (exact) mass is 277 g/mol. The van der Waals surface area contributed by atoms with Gasteiger partial charge in [0.15, 0.2) is 0 Å². The molecule has 0 spiro atoms. The molecule has 76 valence electrons. The molecule has 0 aromatic heterocycles. The van der Waals surface area contributed by atoms with Gasteiger partial charge >= 0.3 is 5.97 Å². The summed E-state index contributed by atoms with van der Waals surface area (Å²) < 4.78 is 0.634. The number of rotatable bonds is 2. The van der Waals surface area contributed by atoms with E-state index in [1.807, 2.05) is 0 Å². The Labute approximate surface area is 95.0 Å². The maximum absolute atomic E-state index is 10.9. The number of hydrogen-bond donors (Lipinski definition) is 2. The van der Waals surface area contributed by atoms with Crippen LogP contribution in [0.1, 0.15) is 12.5 Å². The van der Waals surface area contributed by atoms with E-state index in [1.54, 1.807) is 18.2 Å². The van der Waals surface area contributed by atoms with Crippen molar-refractivity contribution in [3.05, 3.63) is 33.3 Å². The molecule has 0 amide bonds. The minimum atomic E-state index is -1.44. The molecular formula is C9H9BrClNO2. The van der Waals surface area contributed by atoms with Crippen LogP contribution in [0.15, 0.2) is 22.7 Å². The number of halogens is 2. The van der Waals surface area contributed by atoms with Gasteiger partial charge in [0.1, 0.15) is 5.54 Å². The van der Waals surface area contributed by atoms with Gasteiger partial charge in [0.2, 0.25) is 0 Å². The molecule has 0 bridgehead atoms. The van der Waals surface area contributed by atoms with Crippen LogP contribution in [0.3, 0.4) is 0 Å². The molecule has 5 heteroatoms. The lowest BCUT2D eigenvalue weighted by Gasteiger charge is -2.21. The number of hydrogen-bond acceptors (Lipinski definition) is 2. The fourth-order valence-corrected chi connectivity index (χ4v) is 1.84. The normalized spacial score (nSPS) is 14.9. The first-order chi connectivity index (χ1) is 6.35. The Morgan fingerprint density at radius 3 is 2.71 bits per heavy atom. The van der Waals surface area contributed by atoms with Crippen LogP contribution >= 0.6 is 27.5 Å². The highest BCUT2D eigenvalue weighted by Gasteiger charge is 2.32. The first-order valence-corrected chi connectivity index (χ1v) is 5.00. The summed E-state index contributed by atoms with van der Waals surface area (Å²) in [7, 11) is 0. The first kappa shape index (κ1) is 11.5. The molecule has 1 aromatic carbocycles. The molecule has 0 aliphatic rings. The minimum absolute atomic E-state index is 0.456. The van der Waals surface area contributed by atoms with Gasteiger partial charge in [-0.25, -0.2) is 4.79 Å². The topological polar surface area (TPSA) is 63.3 Å². The molecule has 1 rings (SSSR count). The van der Waals surface area contributed by atoms with Gasteiger partial charge < -0.3 is 10.8 Å². The molecule has 14 heavy (non-hydrogen) atoms. The second kappa shape index (κ2) is 3.88. The maximum Gasteiger partial charge on any atom is 0.328 e. The van der Waals surface area contributed by atoms with E-state index in [4.69, 9.17) is 22.4 Å². The average Bonchev–Trinajstić information content (AvgIpc) is 2.08. The number of carboxylic acids is 1. The van der Waals surface area contributed by atoms with Crippen molar-refractivity contribution in [2.75, 3.05) is 0 Å². The quantitative estimate of drug-likeness (QED) is 0.873. The number of carbonyl (C=O) groups is 1. The molecule has 3 nitrogen and oxygen atoms in total. The van der Waals surface area contributed by atoms with Gasteiger partial charge in [-0.1, -0.05) is 27.5 Å². The average molecular weight is 279 g/mol. The zero-order chi connectivity index (χ0) is 10.9. The van der Waals surface area contributed by atoms with Gasteiger partial charge in [0, 0.05) is 9.50 Å². The van der Waals surface area contributed by atoms with Crippen LogP contribution in [0, 0.1) is 0 Å². The Morgan fingerprint density at radius 1 is 1.64 bits per heavy atom. The molecule has 0 aliphatic heterocycles. The SMILES string of the molecule is C[C@@](N)(C(=O)O)c1cc(Cl)ccc1Br. The predicted molar refractivity (Wildman–Crippen MR) is 58.3 cm³/mol. The standard InChI is InChI=1S/C9H9BrClNO2/c1-9(12,8(13)14)6-4-5(11)2-3-7(6)10/h2-4H,12H2,1H3,(H,13,14)/t9-/m0/s1. The van der Waals surface area contributed by atoms with Gasteiger partial charge in [0.05, 0.1) is 0 Å². The van der Waals surface area contributed by atoms with E-state index >= 15 is 0 Å². The lowest BCUT2D eigenvalue weighted by atomic mass is 9.93. The second-order valence-corrected chi connectivity index (χ2v) is 4.42. The first-order valence-electron chi connectivity index (χ1n) is 3.83. The number of aliphatic carboxylic acids is 1. The molecule has 1 aromatic rings. The van der Waals surface area contributed by atoms with Gasteiger partial charge in [-0.2, -0.15) is 0 Å². The summed E-state index contributed by atoms with van der Waals surface area (Å²) in [5, 5.41) is 9.38. The van der Waals surface area contributed by atoms with Crippen molar-refractivity contribution in [1.82, 2.24) is 0 Å².